The molecule has 7 nitrogen and oxygen atoms in total. The van der Waals surface area contributed by atoms with Crippen molar-refractivity contribution in [1.29, 1.82) is 0 Å². The van der Waals surface area contributed by atoms with Crippen molar-refractivity contribution in [3.05, 3.63) is 44.3 Å². The maximum Gasteiger partial charge on any atom is 0.294 e. The van der Waals surface area contributed by atoms with Gasteiger partial charge in [0.2, 0.25) is 5.91 Å². The van der Waals surface area contributed by atoms with E-state index in [9.17, 15) is 19.2 Å². The van der Waals surface area contributed by atoms with Crippen LogP contribution in [0.1, 0.15) is 61.7 Å². The summed E-state index contributed by atoms with van der Waals surface area (Å²) in [5.74, 6) is -0.268. The van der Waals surface area contributed by atoms with E-state index in [1.54, 1.807) is 17.0 Å². The number of thioether (sulfide) groups is 1. The number of benzene rings is 1. The molecule has 0 atom stereocenters. The summed E-state index contributed by atoms with van der Waals surface area (Å²) >= 11 is 13.0. The van der Waals surface area contributed by atoms with E-state index in [0.717, 1.165) is 28.7 Å². The molecule has 0 spiro atoms. The average molecular weight is 538 g/mol. The first-order valence-electron chi connectivity index (χ1n) is 12.1. The van der Waals surface area contributed by atoms with Gasteiger partial charge < -0.3 is 10.2 Å². The SMILES string of the molecule is O=C(CN1C(=O)SC(=C2CCN(C(=O)c3ccc(Cl)cc3Cl)CC2)C1=O)NCCC1CCCCC1. The zero-order chi connectivity index (χ0) is 24.9. The van der Waals surface area contributed by atoms with Crippen molar-refractivity contribution in [2.24, 2.45) is 5.92 Å². The van der Waals surface area contributed by atoms with Crippen LogP contribution in [0.5, 0.6) is 0 Å². The van der Waals surface area contributed by atoms with Crippen LogP contribution >= 0.6 is 35.0 Å². The average Bonchev–Trinajstić information content (AvgIpc) is 3.13. The lowest BCUT2D eigenvalue weighted by atomic mass is 9.87. The number of hydrogen-bond donors (Lipinski definition) is 1. The fraction of sp³-hybridized carbons (Fsp3) is 0.520. The third kappa shape index (κ3) is 6.40. The van der Waals surface area contributed by atoms with E-state index in [-0.39, 0.29) is 18.4 Å². The van der Waals surface area contributed by atoms with Crippen molar-refractivity contribution in [3.8, 4) is 0 Å². The van der Waals surface area contributed by atoms with Crippen molar-refractivity contribution in [3.63, 3.8) is 0 Å². The topological polar surface area (TPSA) is 86.8 Å². The van der Waals surface area contributed by atoms with Crippen LogP contribution in [0.15, 0.2) is 28.7 Å². The van der Waals surface area contributed by atoms with E-state index in [1.165, 1.54) is 38.2 Å². The molecule has 3 fully saturated rings. The summed E-state index contributed by atoms with van der Waals surface area (Å²) in [6.07, 6.45) is 8.14. The summed E-state index contributed by atoms with van der Waals surface area (Å²) in [7, 11) is 0. The molecule has 10 heteroatoms. The van der Waals surface area contributed by atoms with E-state index >= 15 is 0 Å². The number of carbonyl (C=O) groups excluding carboxylic acids is 4. The Balaban J connectivity index is 1.29. The van der Waals surface area contributed by atoms with Gasteiger partial charge in [0.05, 0.1) is 15.5 Å². The first-order valence-corrected chi connectivity index (χ1v) is 13.7. The molecular formula is C25H29Cl2N3O4S. The number of halogens is 2. The van der Waals surface area contributed by atoms with Gasteiger partial charge in [-0.25, -0.2) is 0 Å². The largest absolute Gasteiger partial charge is 0.355 e. The minimum absolute atomic E-state index is 0.191. The molecule has 188 valence electrons. The van der Waals surface area contributed by atoms with Gasteiger partial charge in [0.15, 0.2) is 0 Å². The molecule has 2 saturated heterocycles. The second-order valence-corrected chi connectivity index (χ2v) is 11.1. The third-order valence-electron chi connectivity index (χ3n) is 6.89. The van der Waals surface area contributed by atoms with Crippen LogP contribution in [0, 0.1) is 5.92 Å². The molecule has 4 amide bonds. The van der Waals surface area contributed by atoms with Gasteiger partial charge in [-0.1, -0.05) is 55.3 Å². The molecule has 0 bridgehead atoms. The van der Waals surface area contributed by atoms with Gasteiger partial charge >= 0.3 is 0 Å². The molecule has 3 aliphatic rings. The van der Waals surface area contributed by atoms with Gasteiger partial charge in [-0.05, 0) is 60.7 Å². The Morgan fingerprint density at radius 2 is 1.77 bits per heavy atom. The van der Waals surface area contributed by atoms with E-state index < -0.39 is 11.1 Å². The van der Waals surface area contributed by atoms with Gasteiger partial charge in [0.1, 0.15) is 6.54 Å². The Bertz CT molecular complexity index is 1050. The molecule has 1 aliphatic carbocycles. The Labute approximate surface area is 219 Å². The van der Waals surface area contributed by atoms with Crippen LogP contribution in [0.25, 0.3) is 0 Å². The zero-order valence-electron chi connectivity index (χ0n) is 19.5. The number of nitrogens with zero attached hydrogens (tertiary/aromatic N) is 2. The van der Waals surface area contributed by atoms with Crippen LogP contribution in [0.2, 0.25) is 10.0 Å². The molecule has 1 saturated carbocycles. The number of likely N-dealkylation sites (tertiary alicyclic amines) is 1. The first-order chi connectivity index (χ1) is 16.8. The number of piperidine rings is 1. The number of carbonyl (C=O) groups is 4. The molecule has 1 aromatic rings. The van der Waals surface area contributed by atoms with E-state index in [0.29, 0.717) is 58.9 Å². The van der Waals surface area contributed by atoms with Gasteiger partial charge in [-0.3, -0.25) is 24.1 Å². The van der Waals surface area contributed by atoms with Crippen LogP contribution in [-0.4, -0.2) is 58.9 Å². The van der Waals surface area contributed by atoms with Gasteiger partial charge in [0.25, 0.3) is 17.1 Å². The quantitative estimate of drug-likeness (QED) is 0.499. The standard InChI is InChI=1S/C25H29Cl2N3O4S/c26-18-6-7-19(20(27)14-18)23(32)29-12-9-17(10-13-29)22-24(33)30(25(34)35-22)15-21(31)28-11-8-16-4-2-1-3-5-16/h6-7,14,16H,1-5,8-13,15H2,(H,28,31). The number of hydrogen-bond acceptors (Lipinski definition) is 5. The lowest BCUT2D eigenvalue weighted by molar-refractivity contribution is -0.129. The smallest absolute Gasteiger partial charge is 0.294 e. The van der Waals surface area contributed by atoms with Crippen molar-refractivity contribution in [1.82, 2.24) is 15.1 Å². The fourth-order valence-electron chi connectivity index (χ4n) is 4.88. The van der Waals surface area contributed by atoms with Crippen LogP contribution in [0.4, 0.5) is 4.79 Å². The molecule has 35 heavy (non-hydrogen) atoms. The van der Waals surface area contributed by atoms with E-state index in [4.69, 9.17) is 23.2 Å². The second-order valence-electron chi connectivity index (χ2n) is 9.25. The van der Waals surface area contributed by atoms with Crippen molar-refractivity contribution < 1.29 is 19.2 Å². The maximum absolute atomic E-state index is 12.9. The van der Waals surface area contributed by atoms with Gasteiger partial charge in [0, 0.05) is 24.7 Å². The molecule has 0 aromatic heterocycles. The summed E-state index contributed by atoms with van der Waals surface area (Å²) in [5, 5.41) is 3.19. The predicted molar refractivity (Wildman–Crippen MR) is 138 cm³/mol. The lowest BCUT2D eigenvalue weighted by Crippen LogP contribution is -2.40. The van der Waals surface area contributed by atoms with Gasteiger partial charge in [-0.2, -0.15) is 0 Å². The summed E-state index contributed by atoms with van der Waals surface area (Å²) in [4.78, 5) is 53.7. The third-order valence-corrected chi connectivity index (χ3v) is 8.50. The highest BCUT2D eigenvalue weighted by Gasteiger charge is 2.39. The van der Waals surface area contributed by atoms with E-state index in [1.807, 2.05) is 0 Å². The lowest BCUT2D eigenvalue weighted by Gasteiger charge is -2.29. The Morgan fingerprint density at radius 3 is 2.46 bits per heavy atom. The molecule has 0 unspecified atom stereocenters. The number of nitrogens with one attached hydrogen (secondary N) is 1. The van der Waals surface area contributed by atoms with Crippen LogP contribution < -0.4 is 5.32 Å². The van der Waals surface area contributed by atoms with Gasteiger partial charge in [-0.15, -0.1) is 0 Å². The monoisotopic (exact) mass is 537 g/mol. The molecule has 4 rings (SSSR count). The van der Waals surface area contributed by atoms with Crippen molar-refractivity contribution in [2.45, 2.75) is 51.4 Å². The first kappa shape index (κ1) is 26.0. The van der Waals surface area contributed by atoms with E-state index in [2.05, 4.69) is 5.32 Å². The molecule has 0 radical (unpaired) electrons. The highest BCUT2D eigenvalue weighted by atomic mass is 35.5. The van der Waals surface area contributed by atoms with Crippen LogP contribution in [0.3, 0.4) is 0 Å². The number of amides is 4. The van der Waals surface area contributed by atoms with Crippen LogP contribution in [-0.2, 0) is 9.59 Å². The summed E-state index contributed by atoms with van der Waals surface area (Å²) < 4.78 is 0. The molecule has 2 heterocycles. The summed E-state index contributed by atoms with van der Waals surface area (Å²) in [5.41, 5.74) is 1.23. The molecule has 2 aliphatic heterocycles. The number of rotatable bonds is 6. The Hall–Kier alpha value is -2.03. The highest BCUT2D eigenvalue weighted by molar-refractivity contribution is 8.18. The fourth-order valence-corrected chi connectivity index (χ4v) is 6.35. The molecule has 1 aromatic carbocycles. The summed E-state index contributed by atoms with van der Waals surface area (Å²) in [6, 6.07) is 4.76. The highest BCUT2D eigenvalue weighted by Crippen LogP contribution is 2.36. The second kappa shape index (κ2) is 11.8. The molecule has 1 N–H and O–H groups in total. The minimum atomic E-state index is -0.425. The zero-order valence-corrected chi connectivity index (χ0v) is 21.8. The Kier molecular flexibility index (Phi) is 8.78. The summed E-state index contributed by atoms with van der Waals surface area (Å²) in [6.45, 7) is 1.15. The van der Waals surface area contributed by atoms with Crippen molar-refractivity contribution in [2.75, 3.05) is 26.2 Å². The number of imide groups is 1. The predicted octanol–water partition coefficient (Wildman–Crippen LogP) is 5.27. The Morgan fingerprint density at radius 1 is 1.06 bits per heavy atom. The maximum atomic E-state index is 12.9. The van der Waals surface area contributed by atoms with Crippen molar-refractivity contribution >= 4 is 57.9 Å². The molecular weight excluding hydrogens is 509 g/mol. The minimum Gasteiger partial charge on any atom is -0.355 e. The normalized spacial score (nSPS) is 19.5.